The predicted octanol–water partition coefficient (Wildman–Crippen LogP) is 1.96. The van der Waals surface area contributed by atoms with Crippen molar-refractivity contribution in [1.29, 1.82) is 0 Å². The molecule has 0 spiro atoms. The highest BCUT2D eigenvalue weighted by molar-refractivity contribution is 5.30. The van der Waals surface area contributed by atoms with Crippen LogP contribution in [0.15, 0.2) is 23.2 Å². The van der Waals surface area contributed by atoms with Crippen LogP contribution in [0.5, 0.6) is 0 Å². The van der Waals surface area contributed by atoms with E-state index in [0.717, 1.165) is 32.6 Å². The Kier molecular flexibility index (Phi) is 8.57. The van der Waals surface area contributed by atoms with Crippen molar-refractivity contribution in [3.8, 4) is 0 Å². The van der Waals surface area contributed by atoms with Crippen LogP contribution in [-0.4, -0.2) is 86.3 Å². The average Bonchev–Trinajstić information content (AvgIpc) is 3.17. The Labute approximate surface area is 201 Å². The zero-order chi connectivity index (χ0) is 23.4. The Morgan fingerprint density at radius 1 is 1.21 bits per heavy atom. The molecule has 4 rings (SSSR count). The van der Waals surface area contributed by atoms with Gasteiger partial charge in [-0.05, 0) is 78.6 Å². The van der Waals surface area contributed by atoms with E-state index in [9.17, 15) is 0 Å². The standard InChI is InChI=1S/C25H47N7O/c1-6-21-22-23(32(29-21)15-16-33-7-2)24(26-19-10-8-9-18(3)17-19)28-25(27-22)31(5)20-11-13-30(4)14-12-20/h17-18,20-21,24-29H,6-16H2,1-5H3. The highest BCUT2D eigenvalue weighted by Gasteiger charge is 2.42. The minimum absolute atomic E-state index is 0.0715. The van der Waals surface area contributed by atoms with Gasteiger partial charge in [-0.25, -0.2) is 5.43 Å². The highest BCUT2D eigenvalue weighted by atomic mass is 16.5. The van der Waals surface area contributed by atoms with Gasteiger partial charge in [0.05, 0.1) is 30.6 Å². The number of hydrazine groups is 1. The Bertz CT molecular complexity index is 703. The molecule has 8 nitrogen and oxygen atoms in total. The maximum Gasteiger partial charge on any atom is 0.136 e. The molecular weight excluding hydrogens is 414 g/mol. The Hall–Kier alpha value is -1.32. The van der Waals surface area contributed by atoms with Gasteiger partial charge < -0.3 is 25.3 Å². The van der Waals surface area contributed by atoms with Crippen LogP contribution in [0.25, 0.3) is 0 Å². The summed E-state index contributed by atoms with van der Waals surface area (Å²) in [6.45, 7) is 11.3. The Balaban J connectivity index is 1.56. The number of rotatable bonds is 9. The van der Waals surface area contributed by atoms with Crippen LogP contribution < -0.4 is 21.4 Å². The molecule has 4 unspecified atom stereocenters. The van der Waals surface area contributed by atoms with Gasteiger partial charge >= 0.3 is 0 Å². The molecule has 3 heterocycles. The number of ether oxygens (including phenoxy) is 1. The molecule has 0 aromatic carbocycles. The molecule has 1 saturated heterocycles. The summed E-state index contributed by atoms with van der Waals surface area (Å²) in [5, 5.41) is 14.1. The molecule has 0 saturated carbocycles. The van der Waals surface area contributed by atoms with Crippen LogP contribution in [0.3, 0.4) is 0 Å². The molecule has 1 aliphatic carbocycles. The largest absolute Gasteiger partial charge is 0.380 e. The number of likely N-dealkylation sites (tertiary alicyclic amines) is 1. The van der Waals surface area contributed by atoms with Crippen molar-refractivity contribution in [3.05, 3.63) is 23.2 Å². The molecule has 0 aromatic heterocycles. The van der Waals surface area contributed by atoms with Gasteiger partial charge in [-0.3, -0.25) is 10.2 Å². The topological polar surface area (TPSA) is 67.1 Å². The van der Waals surface area contributed by atoms with E-state index in [0.29, 0.717) is 18.0 Å². The third kappa shape index (κ3) is 5.85. The maximum absolute atomic E-state index is 5.70. The second-order valence-corrected chi connectivity index (χ2v) is 10.3. The summed E-state index contributed by atoms with van der Waals surface area (Å²) in [6, 6.07) is 0.895. The van der Waals surface area contributed by atoms with Crippen molar-refractivity contribution >= 4 is 0 Å². The average molecular weight is 462 g/mol. The van der Waals surface area contributed by atoms with Crippen molar-refractivity contribution in [3.63, 3.8) is 0 Å². The number of hydrogen-bond donors (Lipinski definition) is 4. The van der Waals surface area contributed by atoms with E-state index in [1.807, 2.05) is 0 Å². The van der Waals surface area contributed by atoms with E-state index >= 15 is 0 Å². The van der Waals surface area contributed by atoms with E-state index in [4.69, 9.17) is 4.74 Å². The first kappa shape index (κ1) is 24.8. The SMILES string of the molecule is CCOCCN1NC(CC)C2=C1C(NC1=CC(C)CCC1)NC(N(C)C1CCN(C)CC1)N2. The van der Waals surface area contributed by atoms with Gasteiger partial charge in [0.25, 0.3) is 0 Å². The van der Waals surface area contributed by atoms with Gasteiger partial charge in [0.1, 0.15) is 12.5 Å². The van der Waals surface area contributed by atoms with Crippen LogP contribution in [0.2, 0.25) is 0 Å². The molecule has 4 atom stereocenters. The smallest absolute Gasteiger partial charge is 0.136 e. The summed E-state index contributed by atoms with van der Waals surface area (Å²) in [4.78, 5) is 4.97. The summed E-state index contributed by atoms with van der Waals surface area (Å²) in [5.74, 6) is 0.647. The molecule has 188 valence electrons. The second kappa shape index (κ2) is 11.4. The third-order valence-electron chi connectivity index (χ3n) is 7.78. The summed E-state index contributed by atoms with van der Waals surface area (Å²) < 4.78 is 5.70. The van der Waals surface area contributed by atoms with Gasteiger partial charge in [0, 0.05) is 18.3 Å². The lowest BCUT2D eigenvalue weighted by Crippen LogP contribution is -2.66. The lowest BCUT2D eigenvalue weighted by molar-refractivity contribution is 0.0616. The van der Waals surface area contributed by atoms with Crippen LogP contribution >= 0.6 is 0 Å². The first-order chi connectivity index (χ1) is 16.0. The first-order valence-corrected chi connectivity index (χ1v) is 13.3. The first-order valence-electron chi connectivity index (χ1n) is 13.3. The van der Waals surface area contributed by atoms with Crippen LogP contribution in [0.4, 0.5) is 0 Å². The molecule has 1 fully saturated rings. The van der Waals surface area contributed by atoms with Crippen LogP contribution in [0, 0.1) is 5.92 Å². The lowest BCUT2D eigenvalue weighted by Gasteiger charge is -2.45. The number of nitrogens with one attached hydrogen (secondary N) is 4. The molecule has 33 heavy (non-hydrogen) atoms. The molecule has 0 bridgehead atoms. The van der Waals surface area contributed by atoms with E-state index < -0.39 is 0 Å². The quantitative estimate of drug-likeness (QED) is 0.389. The van der Waals surface area contributed by atoms with E-state index in [2.05, 4.69) is 77.1 Å². The summed E-state index contributed by atoms with van der Waals surface area (Å²) in [6.07, 6.45) is 9.80. The molecule has 8 heteroatoms. The monoisotopic (exact) mass is 461 g/mol. The van der Waals surface area contributed by atoms with Gasteiger partial charge in [0.15, 0.2) is 0 Å². The fourth-order valence-corrected chi connectivity index (χ4v) is 5.71. The highest BCUT2D eigenvalue weighted by Crippen LogP contribution is 2.29. The zero-order valence-corrected chi connectivity index (χ0v) is 21.5. The predicted molar refractivity (Wildman–Crippen MR) is 134 cm³/mol. The lowest BCUT2D eigenvalue weighted by atomic mass is 9.95. The van der Waals surface area contributed by atoms with Crippen molar-refractivity contribution in [2.24, 2.45) is 5.92 Å². The van der Waals surface area contributed by atoms with E-state index in [1.165, 1.54) is 55.9 Å². The molecule has 4 N–H and O–H groups in total. The summed E-state index contributed by atoms with van der Waals surface area (Å²) in [5.41, 5.74) is 7.77. The van der Waals surface area contributed by atoms with Crippen molar-refractivity contribution in [1.82, 2.24) is 36.2 Å². The third-order valence-corrected chi connectivity index (χ3v) is 7.78. The number of allylic oxidation sites excluding steroid dienone is 2. The summed E-state index contributed by atoms with van der Waals surface area (Å²) in [7, 11) is 4.51. The molecule has 0 amide bonds. The van der Waals surface area contributed by atoms with Crippen molar-refractivity contribution < 1.29 is 4.74 Å². The van der Waals surface area contributed by atoms with Gasteiger partial charge in [-0.15, -0.1) is 0 Å². The van der Waals surface area contributed by atoms with E-state index in [1.54, 1.807) is 0 Å². The normalized spacial score (nSPS) is 31.6. The van der Waals surface area contributed by atoms with Gasteiger partial charge in [0.2, 0.25) is 0 Å². The van der Waals surface area contributed by atoms with E-state index in [-0.39, 0.29) is 12.5 Å². The number of nitrogens with zero attached hydrogens (tertiary/aromatic N) is 3. The van der Waals surface area contributed by atoms with Gasteiger partial charge in [-0.2, -0.15) is 0 Å². The molecule has 4 aliphatic rings. The number of piperidine rings is 1. The molecule has 0 radical (unpaired) electrons. The minimum Gasteiger partial charge on any atom is -0.380 e. The minimum atomic E-state index is 0.0715. The zero-order valence-electron chi connectivity index (χ0n) is 21.5. The molecule has 3 aliphatic heterocycles. The fraction of sp³-hybridized carbons (Fsp3) is 0.840. The van der Waals surface area contributed by atoms with Crippen LogP contribution in [0.1, 0.15) is 59.3 Å². The fourth-order valence-electron chi connectivity index (χ4n) is 5.71. The van der Waals surface area contributed by atoms with Crippen LogP contribution in [-0.2, 0) is 4.74 Å². The number of hydrogen-bond acceptors (Lipinski definition) is 8. The van der Waals surface area contributed by atoms with Crippen molar-refractivity contribution in [2.75, 3.05) is 46.9 Å². The second-order valence-electron chi connectivity index (χ2n) is 10.3. The van der Waals surface area contributed by atoms with Crippen molar-refractivity contribution in [2.45, 2.75) is 83.8 Å². The molecular formula is C25H47N7O. The maximum atomic E-state index is 5.70. The Morgan fingerprint density at radius 3 is 2.70 bits per heavy atom. The Morgan fingerprint density at radius 2 is 2.00 bits per heavy atom. The summed E-state index contributed by atoms with van der Waals surface area (Å²) >= 11 is 0. The van der Waals surface area contributed by atoms with Gasteiger partial charge in [-0.1, -0.05) is 19.9 Å². The molecule has 0 aromatic rings.